The molecule has 4 nitrogen and oxygen atoms in total. The van der Waals surface area contributed by atoms with Gasteiger partial charge in [0.05, 0.1) is 4.90 Å². The van der Waals surface area contributed by atoms with Crippen molar-refractivity contribution in [3.8, 4) is 0 Å². The topological polar surface area (TPSA) is 58.2 Å². The molecule has 2 saturated carbocycles. The van der Waals surface area contributed by atoms with E-state index in [1.165, 1.54) is 25.7 Å². The minimum Gasteiger partial charge on any atom is -0.388 e. The number of aryl methyl sites for hydroxylation is 2. The molecule has 0 amide bonds. The highest BCUT2D eigenvalue weighted by Gasteiger charge is 2.43. The summed E-state index contributed by atoms with van der Waals surface area (Å²) in [5, 5.41) is 3.07. The van der Waals surface area contributed by atoms with Crippen molar-refractivity contribution in [2.24, 2.45) is 11.8 Å². The zero-order chi connectivity index (χ0) is 15.2. The first-order valence-corrected chi connectivity index (χ1v) is 9.22. The highest BCUT2D eigenvalue weighted by Crippen LogP contribution is 2.45. The predicted octanol–water partition coefficient (Wildman–Crippen LogP) is 2.81. The SMILES string of the molecule is CNc1cc(C)c(S(=O)(=O)NC(C2CC2)C2CC2)c(C)c1. The summed E-state index contributed by atoms with van der Waals surface area (Å²) in [6.45, 7) is 3.73. The Bertz CT molecular complexity index is 611. The Kier molecular flexibility index (Phi) is 3.74. The Hall–Kier alpha value is -1.07. The number of hydrogen-bond donors (Lipinski definition) is 2. The molecule has 0 spiro atoms. The Morgan fingerprint density at radius 1 is 1.05 bits per heavy atom. The molecule has 2 N–H and O–H groups in total. The van der Waals surface area contributed by atoms with Crippen LogP contribution in [-0.4, -0.2) is 21.5 Å². The fourth-order valence-electron chi connectivity index (χ4n) is 3.24. The van der Waals surface area contributed by atoms with E-state index < -0.39 is 10.0 Å². The van der Waals surface area contributed by atoms with Crippen LogP contribution in [0.5, 0.6) is 0 Å². The van der Waals surface area contributed by atoms with Gasteiger partial charge < -0.3 is 5.32 Å². The first-order valence-electron chi connectivity index (χ1n) is 7.73. The summed E-state index contributed by atoms with van der Waals surface area (Å²) in [6, 6.07) is 3.94. The maximum Gasteiger partial charge on any atom is 0.241 e. The van der Waals surface area contributed by atoms with Crippen molar-refractivity contribution in [2.45, 2.75) is 50.5 Å². The van der Waals surface area contributed by atoms with Gasteiger partial charge in [0.2, 0.25) is 10.0 Å². The number of anilines is 1. The number of rotatable bonds is 6. The van der Waals surface area contributed by atoms with E-state index in [0.717, 1.165) is 16.8 Å². The molecule has 2 aliphatic carbocycles. The average Bonchev–Trinajstić information content (AvgIpc) is 3.27. The van der Waals surface area contributed by atoms with Gasteiger partial charge >= 0.3 is 0 Å². The van der Waals surface area contributed by atoms with Crippen molar-refractivity contribution in [3.05, 3.63) is 23.3 Å². The molecule has 0 bridgehead atoms. The van der Waals surface area contributed by atoms with E-state index in [1.54, 1.807) is 0 Å². The maximum absolute atomic E-state index is 12.8. The fraction of sp³-hybridized carbons (Fsp3) is 0.625. The molecular weight excluding hydrogens is 284 g/mol. The summed E-state index contributed by atoms with van der Waals surface area (Å²) in [4.78, 5) is 0.452. The van der Waals surface area contributed by atoms with Gasteiger partial charge in [-0.3, -0.25) is 0 Å². The summed E-state index contributed by atoms with van der Waals surface area (Å²) in [5.74, 6) is 1.12. The lowest BCUT2D eigenvalue weighted by Crippen LogP contribution is -2.38. The Balaban J connectivity index is 1.90. The minimum atomic E-state index is -3.43. The molecule has 0 aromatic heterocycles. The molecule has 3 rings (SSSR count). The van der Waals surface area contributed by atoms with Gasteiger partial charge in [0, 0.05) is 18.8 Å². The van der Waals surface area contributed by atoms with Gasteiger partial charge in [0.15, 0.2) is 0 Å². The van der Waals surface area contributed by atoms with Crippen LogP contribution in [0.15, 0.2) is 17.0 Å². The third kappa shape index (κ3) is 3.09. The maximum atomic E-state index is 12.8. The zero-order valence-corrected chi connectivity index (χ0v) is 13.8. The number of hydrogen-bond acceptors (Lipinski definition) is 3. The predicted molar refractivity (Wildman–Crippen MR) is 85.0 cm³/mol. The minimum absolute atomic E-state index is 0.151. The lowest BCUT2D eigenvalue weighted by Gasteiger charge is -2.20. The first-order chi connectivity index (χ1) is 9.92. The molecule has 2 fully saturated rings. The van der Waals surface area contributed by atoms with Gasteiger partial charge in [-0.25, -0.2) is 13.1 Å². The van der Waals surface area contributed by atoms with Crippen molar-refractivity contribution in [1.29, 1.82) is 0 Å². The summed E-state index contributed by atoms with van der Waals surface area (Å²) < 4.78 is 28.6. The number of benzene rings is 1. The Morgan fingerprint density at radius 3 is 1.90 bits per heavy atom. The fourth-order valence-corrected chi connectivity index (χ4v) is 5.07. The van der Waals surface area contributed by atoms with E-state index in [0.29, 0.717) is 16.7 Å². The standard InChI is InChI=1S/C16H24N2O2S/c1-10-8-14(17-3)9-11(2)16(10)21(19,20)18-15(12-4-5-12)13-6-7-13/h8-9,12-13,15,17-18H,4-7H2,1-3H3. The van der Waals surface area contributed by atoms with E-state index in [1.807, 2.05) is 33.0 Å². The molecule has 0 aliphatic heterocycles. The molecule has 0 heterocycles. The van der Waals surface area contributed by atoms with Crippen molar-refractivity contribution in [3.63, 3.8) is 0 Å². The van der Waals surface area contributed by atoms with Crippen molar-refractivity contribution in [2.75, 3.05) is 12.4 Å². The van der Waals surface area contributed by atoms with Gasteiger partial charge in [-0.1, -0.05) is 0 Å². The molecule has 0 saturated heterocycles. The van der Waals surface area contributed by atoms with Crippen LogP contribution in [0.25, 0.3) is 0 Å². The van der Waals surface area contributed by atoms with Crippen molar-refractivity contribution >= 4 is 15.7 Å². The van der Waals surface area contributed by atoms with Crippen LogP contribution >= 0.6 is 0 Å². The van der Waals surface area contributed by atoms with E-state index in [2.05, 4.69) is 10.0 Å². The molecule has 21 heavy (non-hydrogen) atoms. The molecule has 0 atom stereocenters. The van der Waals surface area contributed by atoms with Crippen LogP contribution in [0.3, 0.4) is 0 Å². The van der Waals surface area contributed by atoms with Crippen LogP contribution in [0.2, 0.25) is 0 Å². The van der Waals surface area contributed by atoms with Gasteiger partial charge in [-0.15, -0.1) is 0 Å². The molecular formula is C16H24N2O2S. The van der Waals surface area contributed by atoms with Crippen LogP contribution in [0.1, 0.15) is 36.8 Å². The Labute approximate surface area is 127 Å². The van der Waals surface area contributed by atoms with E-state index in [9.17, 15) is 8.42 Å². The monoisotopic (exact) mass is 308 g/mol. The molecule has 1 aromatic carbocycles. The largest absolute Gasteiger partial charge is 0.388 e. The summed E-state index contributed by atoms with van der Waals surface area (Å²) >= 11 is 0. The summed E-state index contributed by atoms with van der Waals surface area (Å²) in [5.41, 5.74) is 2.55. The van der Waals surface area contributed by atoms with Gasteiger partial charge in [-0.05, 0) is 74.6 Å². The van der Waals surface area contributed by atoms with E-state index in [-0.39, 0.29) is 6.04 Å². The molecule has 1 aromatic rings. The molecule has 2 aliphatic rings. The lowest BCUT2D eigenvalue weighted by atomic mass is 10.1. The van der Waals surface area contributed by atoms with Crippen LogP contribution < -0.4 is 10.0 Å². The molecule has 0 unspecified atom stereocenters. The van der Waals surface area contributed by atoms with Crippen LogP contribution in [0, 0.1) is 25.7 Å². The lowest BCUT2D eigenvalue weighted by molar-refractivity contribution is 0.471. The average molecular weight is 308 g/mol. The normalized spacial score (nSPS) is 19.0. The highest BCUT2D eigenvalue weighted by molar-refractivity contribution is 7.89. The van der Waals surface area contributed by atoms with Crippen molar-refractivity contribution in [1.82, 2.24) is 4.72 Å². The second-order valence-electron chi connectivity index (χ2n) is 6.51. The van der Waals surface area contributed by atoms with Crippen LogP contribution in [0.4, 0.5) is 5.69 Å². The van der Waals surface area contributed by atoms with Gasteiger partial charge in [-0.2, -0.15) is 0 Å². The second kappa shape index (κ2) is 5.29. The third-order valence-electron chi connectivity index (χ3n) is 4.57. The number of sulfonamides is 1. The van der Waals surface area contributed by atoms with E-state index >= 15 is 0 Å². The van der Waals surface area contributed by atoms with E-state index in [4.69, 9.17) is 0 Å². The number of nitrogens with one attached hydrogen (secondary N) is 2. The van der Waals surface area contributed by atoms with Crippen LogP contribution in [-0.2, 0) is 10.0 Å². The Morgan fingerprint density at radius 2 is 1.52 bits per heavy atom. The molecule has 116 valence electrons. The molecule has 0 radical (unpaired) electrons. The van der Waals surface area contributed by atoms with Crippen molar-refractivity contribution < 1.29 is 8.42 Å². The first kappa shape index (κ1) is 14.9. The van der Waals surface area contributed by atoms with Gasteiger partial charge in [0.25, 0.3) is 0 Å². The zero-order valence-electron chi connectivity index (χ0n) is 12.9. The summed E-state index contributed by atoms with van der Waals surface area (Å²) in [6.07, 6.45) is 4.67. The highest BCUT2D eigenvalue weighted by atomic mass is 32.2. The second-order valence-corrected chi connectivity index (χ2v) is 8.16. The smallest absolute Gasteiger partial charge is 0.241 e. The third-order valence-corrected chi connectivity index (χ3v) is 6.33. The van der Waals surface area contributed by atoms with Gasteiger partial charge in [0.1, 0.15) is 0 Å². The summed E-state index contributed by atoms with van der Waals surface area (Å²) in [7, 11) is -1.59. The quantitative estimate of drug-likeness (QED) is 0.849. The molecule has 5 heteroatoms.